The van der Waals surface area contributed by atoms with Crippen molar-refractivity contribution in [3.05, 3.63) is 35.4 Å². The Morgan fingerprint density at radius 1 is 1.44 bits per heavy atom. The summed E-state index contributed by atoms with van der Waals surface area (Å²) in [5, 5.41) is 3.50. The van der Waals surface area contributed by atoms with E-state index in [4.69, 9.17) is 5.73 Å². The summed E-state index contributed by atoms with van der Waals surface area (Å²) in [4.78, 5) is 11.0. The molecule has 0 aliphatic heterocycles. The number of amides is 1. The summed E-state index contributed by atoms with van der Waals surface area (Å²) in [6.45, 7) is 0.979. The van der Waals surface area contributed by atoms with E-state index >= 15 is 0 Å². The molecule has 2 rings (SSSR count). The molecule has 0 heterocycles. The Balaban J connectivity index is 1.83. The van der Waals surface area contributed by atoms with Crippen molar-refractivity contribution in [2.45, 2.75) is 31.7 Å². The average molecular weight is 218 g/mol. The molecular formula is C13H18N2O. The van der Waals surface area contributed by atoms with Crippen LogP contribution in [0.3, 0.4) is 0 Å². The molecule has 1 fully saturated rings. The van der Waals surface area contributed by atoms with E-state index in [9.17, 15) is 4.79 Å². The molecule has 16 heavy (non-hydrogen) atoms. The molecule has 0 unspecified atom stereocenters. The fourth-order valence-electron chi connectivity index (χ4n) is 1.91. The number of nitrogens with two attached hydrogens (primary N) is 1. The maximum atomic E-state index is 11.0. The van der Waals surface area contributed by atoms with Gasteiger partial charge in [-0.1, -0.05) is 18.6 Å². The van der Waals surface area contributed by atoms with Crippen molar-refractivity contribution in [1.82, 2.24) is 5.32 Å². The smallest absolute Gasteiger partial charge is 0.248 e. The highest BCUT2D eigenvalue weighted by molar-refractivity contribution is 5.92. The molecule has 1 saturated carbocycles. The molecule has 1 aliphatic rings. The first-order chi connectivity index (χ1) is 7.75. The van der Waals surface area contributed by atoms with Crippen molar-refractivity contribution in [1.29, 1.82) is 0 Å². The van der Waals surface area contributed by atoms with Crippen LogP contribution in [0.5, 0.6) is 0 Å². The normalized spacial score (nSPS) is 15.8. The third kappa shape index (κ3) is 2.83. The number of rotatable bonds is 5. The van der Waals surface area contributed by atoms with Crippen LogP contribution in [0.25, 0.3) is 0 Å². The van der Waals surface area contributed by atoms with Gasteiger partial charge in [-0.15, -0.1) is 0 Å². The van der Waals surface area contributed by atoms with E-state index in [1.54, 1.807) is 6.07 Å². The van der Waals surface area contributed by atoms with Crippen molar-refractivity contribution >= 4 is 5.91 Å². The minimum atomic E-state index is -0.353. The van der Waals surface area contributed by atoms with E-state index < -0.39 is 0 Å². The number of primary amides is 1. The highest BCUT2D eigenvalue weighted by Crippen LogP contribution is 2.17. The molecule has 1 aliphatic carbocycles. The van der Waals surface area contributed by atoms with Crippen LogP contribution in [0, 0.1) is 0 Å². The number of benzene rings is 1. The summed E-state index contributed by atoms with van der Waals surface area (Å²) in [5.74, 6) is -0.353. The van der Waals surface area contributed by atoms with Crippen LogP contribution in [-0.4, -0.2) is 18.5 Å². The Hall–Kier alpha value is -1.35. The topological polar surface area (TPSA) is 55.1 Å². The molecule has 0 spiro atoms. The molecule has 3 nitrogen and oxygen atoms in total. The highest BCUT2D eigenvalue weighted by Gasteiger charge is 2.15. The van der Waals surface area contributed by atoms with Crippen LogP contribution in [0.4, 0.5) is 0 Å². The standard InChI is InChI=1S/C13H18N2O/c14-13(16)11-4-1-3-10(9-11)7-8-15-12-5-2-6-12/h1,3-4,9,12,15H,2,5-8H2,(H2,14,16). The second kappa shape index (κ2) is 5.12. The maximum Gasteiger partial charge on any atom is 0.248 e. The van der Waals surface area contributed by atoms with Crippen molar-refractivity contribution in [2.24, 2.45) is 5.73 Å². The third-order valence-electron chi connectivity index (χ3n) is 3.16. The Bertz CT molecular complexity index is 372. The van der Waals surface area contributed by atoms with Crippen molar-refractivity contribution < 1.29 is 4.79 Å². The quantitative estimate of drug-likeness (QED) is 0.786. The van der Waals surface area contributed by atoms with Gasteiger partial charge in [0.05, 0.1) is 0 Å². The van der Waals surface area contributed by atoms with Gasteiger partial charge in [0.25, 0.3) is 0 Å². The summed E-state index contributed by atoms with van der Waals surface area (Å²) < 4.78 is 0. The monoisotopic (exact) mass is 218 g/mol. The van der Waals surface area contributed by atoms with Crippen molar-refractivity contribution in [3.8, 4) is 0 Å². The van der Waals surface area contributed by atoms with Gasteiger partial charge < -0.3 is 11.1 Å². The lowest BCUT2D eigenvalue weighted by atomic mass is 9.93. The van der Waals surface area contributed by atoms with Gasteiger partial charge in [-0.2, -0.15) is 0 Å². The Morgan fingerprint density at radius 3 is 2.88 bits per heavy atom. The van der Waals surface area contributed by atoms with Crippen molar-refractivity contribution in [3.63, 3.8) is 0 Å². The highest BCUT2D eigenvalue weighted by atomic mass is 16.1. The Labute approximate surface area is 96.0 Å². The molecule has 1 amide bonds. The summed E-state index contributed by atoms with van der Waals surface area (Å²) in [5.41, 5.74) is 7.00. The molecule has 0 atom stereocenters. The number of hydrogen-bond acceptors (Lipinski definition) is 2. The van der Waals surface area contributed by atoms with E-state index in [1.165, 1.54) is 24.8 Å². The first kappa shape index (κ1) is 11.1. The third-order valence-corrected chi connectivity index (χ3v) is 3.16. The van der Waals surface area contributed by atoms with Gasteiger partial charge in [0, 0.05) is 11.6 Å². The summed E-state index contributed by atoms with van der Waals surface area (Å²) in [7, 11) is 0. The zero-order valence-corrected chi connectivity index (χ0v) is 9.41. The second-order valence-electron chi connectivity index (χ2n) is 4.40. The summed E-state index contributed by atoms with van der Waals surface area (Å²) in [6.07, 6.45) is 4.93. The average Bonchev–Trinajstić information content (AvgIpc) is 2.22. The zero-order valence-electron chi connectivity index (χ0n) is 9.41. The minimum Gasteiger partial charge on any atom is -0.366 e. The van der Waals surface area contributed by atoms with Crippen LogP contribution < -0.4 is 11.1 Å². The molecule has 1 aromatic rings. The number of carbonyl (C=O) groups is 1. The first-order valence-electron chi connectivity index (χ1n) is 5.88. The van der Waals surface area contributed by atoms with Crippen LogP contribution in [0.15, 0.2) is 24.3 Å². The van der Waals surface area contributed by atoms with Gasteiger partial charge in [-0.05, 0) is 43.5 Å². The van der Waals surface area contributed by atoms with Crippen molar-refractivity contribution in [2.75, 3.05) is 6.54 Å². The van der Waals surface area contributed by atoms with Gasteiger partial charge in [0.15, 0.2) is 0 Å². The van der Waals surface area contributed by atoms with E-state index in [1.807, 2.05) is 18.2 Å². The molecule has 3 N–H and O–H groups in total. The van der Waals surface area contributed by atoms with Crippen LogP contribution in [-0.2, 0) is 6.42 Å². The van der Waals surface area contributed by atoms with Gasteiger partial charge >= 0.3 is 0 Å². The molecule has 0 aromatic heterocycles. The van der Waals surface area contributed by atoms with Gasteiger partial charge in [0.1, 0.15) is 0 Å². The molecule has 86 valence electrons. The summed E-state index contributed by atoms with van der Waals surface area (Å²) in [6, 6.07) is 8.28. The molecule has 0 radical (unpaired) electrons. The lowest BCUT2D eigenvalue weighted by molar-refractivity contribution is 0.1000. The predicted octanol–water partition coefficient (Wildman–Crippen LogP) is 1.47. The molecule has 3 heteroatoms. The number of carbonyl (C=O) groups excluding carboxylic acids is 1. The molecule has 0 saturated heterocycles. The van der Waals surface area contributed by atoms with Crippen LogP contribution in [0.1, 0.15) is 35.2 Å². The fourth-order valence-corrected chi connectivity index (χ4v) is 1.91. The second-order valence-corrected chi connectivity index (χ2v) is 4.40. The zero-order chi connectivity index (χ0) is 11.4. The van der Waals surface area contributed by atoms with E-state index in [0.29, 0.717) is 5.56 Å². The SMILES string of the molecule is NC(=O)c1cccc(CCNC2CCC2)c1. The Morgan fingerprint density at radius 2 is 2.25 bits per heavy atom. The number of nitrogens with one attached hydrogen (secondary N) is 1. The molecule has 1 aromatic carbocycles. The lowest BCUT2D eigenvalue weighted by Gasteiger charge is -2.26. The predicted molar refractivity (Wildman–Crippen MR) is 64.3 cm³/mol. The van der Waals surface area contributed by atoms with E-state index in [0.717, 1.165) is 19.0 Å². The van der Waals surface area contributed by atoms with E-state index in [2.05, 4.69) is 5.32 Å². The minimum absolute atomic E-state index is 0.353. The first-order valence-corrected chi connectivity index (χ1v) is 5.88. The van der Waals surface area contributed by atoms with Crippen LogP contribution >= 0.6 is 0 Å². The largest absolute Gasteiger partial charge is 0.366 e. The molecule has 0 bridgehead atoms. The Kier molecular flexibility index (Phi) is 3.57. The van der Waals surface area contributed by atoms with Gasteiger partial charge in [0.2, 0.25) is 5.91 Å². The fraction of sp³-hybridized carbons (Fsp3) is 0.462. The van der Waals surface area contributed by atoms with Gasteiger partial charge in [-0.3, -0.25) is 4.79 Å². The number of hydrogen-bond donors (Lipinski definition) is 2. The van der Waals surface area contributed by atoms with Gasteiger partial charge in [-0.25, -0.2) is 0 Å². The maximum absolute atomic E-state index is 11.0. The lowest BCUT2D eigenvalue weighted by Crippen LogP contribution is -2.36. The van der Waals surface area contributed by atoms with Crippen LogP contribution in [0.2, 0.25) is 0 Å². The molecular weight excluding hydrogens is 200 g/mol. The van der Waals surface area contributed by atoms with E-state index in [-0.39, 0.29) is 5.91 Å². The summed E-state index contributed by atoms with van der Waals surface area (Å²) >= 11 is 0.